The van der Waals surface area contributed by atoms with Gasteiger partial charge in [-0.25, -0.2) is 0 Å². The lowest BCUT2D eigenvalue weighted by Crippen LogP contribution is -2.17. The van der Waals surface area contributed by atoms with Gasteiger partial charge >= 0.3 is 5.97 Å². The van der Waals surface area contributed by atoms with E-state index in [1.165, 1.54) is 23.7 Å². The highest BCUT2D eigenvalue weighted by Gasteiger charge is 2.33. The summed E-state index contributed by atoms with van der Waals surface area (Å²) in [5, 5.41) is 21.8. The molecular formula is C15H12N2O4S. The number of hydrogen-bond donors (Lipinski definition) is 2. The van der Waals surface area contributed by atoms with E-state index < -0.39 is 17.8 Å². The minimum atomic E-state index is -0.931. The Kier molecular flexibility index (Phi) is 3.69. The second-order valence-electron chi connectivity index (χ2n) is 4.97. The van der Waals surface area contributed by atoms with Crippen molar-refractivity contribution >= 4 is 28.2 Å². The van der Waals surface area contributed by atoms with Gasteiger partial charge in [0.25, 0.3) is 5.91 Å². The van der Waals surface area contributed by atoms with Crippen LogP contribution in [0.5, 0.6) is 0 Å². The molecular weight excluding hydrogens is 304 g/mol. The minimum Gasteiger partial charge on any atom is -0.481 e. The van der Waals surface area contributed by atoms with E-state index in [1.807, 2.05) is 6.07 Å². The van der Waals surface area contributed by atoms with E-state index in [9.17, 15) is 20.0 Å². The predicted molar refractivity (Wildman–Crippen MR) is 79.0 cm³/mol. The highest BCUT2D eigenvalue weighted by molar-refractivity contribution is 7.16. The van der Waals surface area contributed by atoms with Crippen molar-refractivity contribution in [3.8, 4) is 6.07 Å². The number of hydrogen-bond acceptors (Lipinski definition) is 5. The molecule has 0 fully saturated rings. The number of amides is 1. The number of nitriles is 1. The molecule has 112 valence electrons. The van der Waals surface area contributed by atoms with Crippen LogP contribution in [0.4, 0.5) is 5.00 Å². The maximum absolute atomic E-state index is 12.0. The summed E-state index contributed by atoms with van der Waals surface area (Å²) in [6, 6.07) is 5.16. The number of aryl methyl sites for hydroxylation is 1. The highest BCUT2D eigenvalue weighted by Crippen LogP contribution is 2.43. The van der Waals surface area contributed by atoms with Gasteiger partial charge < -0.3 is 14.8 Å². The van der Waals surface area contributed by atoms with Gasteiger partial charge in [0.1, 0.15) is 11.1 Å². The van der Waals surface area contributed by atoms with Crippen LogP contribution in [0.15, 0.2) is 22.8 Å². The zero-order valence-electron chi connectivity index (χ0n) is 11.5. The summed E-state index contributed by atoms with van der Waals surface area (Å²) in [6.07, 6.45) is 3.40. The summed E-state index contributed by atoms with van der Waals surface area (Å²) in [4.78, 5) is 24.3. The fourth-order valence-electron chi connectivity index (χ4n) is 2.67. The third kappa shape index (κ3) is 2.38. The molecule has 0 aromatic carbocycles. The molecule has 2 heterocycles. The lowest BCUT2D eigenvalue weighted by atomic mass is 9.85. The number of nitrogens with one attached hydrogen (secondary N) is 1. The van der Waals surface area contributed by atoms with Crippen LogP contribution in [0.25, 0.3) is 0 Å². The van der Waals surface area contributed by atoms with Crippen molar-refractivity contribution in [2.45, 2.75) is 25.2 Å². The second-order valence-corrected chi connectivity index (χ2v) is 6.07. The normalized spacial score (nSPS) is 16.6. The molecule has 0 saturated heterocycles. The van der Waals surface area contributed by atoms with Crippen LogP contribution in [0, 0.1) is 11.3 Å². The fourth-order valence-corrected chi connectivity index (χ4v) is 3.92. The first-order valence-corrected chi connectivity index (χ1v) is 7.56. The average molecular weight is 316 g/mol. The Balaban J connectivity index is 1.98. The Morgan fingerprint density at radius 3 is 2.95 bits per heavy atom. The first-order chi connectivity index (χ1) is 10.6. The lowest BCUT2D eigenvalue weighted by molar-refractivity contribution is -0.139. The monoisotopic (exact) mass is 316 g/mol. The molecule has 0 radical (unpaired) electrons. The van der Waals surface area contributed by atoms with E-state index in [4.69, 9.17) is 4.42 Å². The number of nitrogens with zero attached hydrogens (tertiary/aromatic N) is 1. The van der Waals surface area contributed by atoms with Gasteiger partial charge in [-0.15, -0.1) is 11.3 Å². The number of fused-ring (bicyclic) bond motifs is 1. The summed E-state index contributed by atoms with van der Waals surface area (Å²) in [7, 11) is 0. The van der Waals surface area contributed by atoms with Gasteiger partial charge in [-0.1, -0.05) is 0 Å². The standard InChI is InChI=1S/C15H12N2O4S/c16-7-9-12-8(15(19)20)3-1-5-11(12)22-14(9)17-13(18)10-4-2-6-21-10/h2,4,6,8H,1,3,5H2,(H,17,18)(H,19,20). The summed E-state index contributed by atoms with van der Waals surface area (Å²) < 4.78 is 5.02. The first kappa shape index (κ1) is 14.4. The lowest BCUT2D eigenvalue weighted by Gasteiger charge is -2.18. The first-order valence-electron chi connectivity index (χ1n) is 6.75. The van der Waals surface area contributed by atoms with Gasteiger partial charge in [-0.05, 0) is 31.4 Å². The second kappa shape index (κ2) is 5.66. The molecule has 6 nitrogen and oxygen atoms in total. The smallest absolute Gasteiger partial charge is 0.311 e. The van der Waals surface area contributed by atoms with E-state index in [2.05, 4.69) is 5.32 Å². The Bertz CT molecular complexity index is 770. The molecule has 1 aliphatic carbocycles. The van der Waals surface area contributed by atoms with Crippen molar-refractivity contribution in [1.29, 1.82) is 5.26 Å². The molecule has 1 aliphatic rings. The number of carboxylic acid groups (broad SMARTS) is 1. The number of aliphatic carboxylic acids is 1. The molecule has 1 atom stereocenters. The average Bonchev–Trinajstić information content (AvgIpc) is 3.13. The van der Waals surface area contributed by atoms with E-state index in [-0.39, 0.29) is 11.3 Å². The van der Waals surface area contributed by atoms with Crippen LogP contribution in [-0.4, -0.2) is 17.0 Å². The van der Waals surface area contributed by atoms with Crippen LogP contribution < -0.4 is 5.32 Å². The molecule has 3 rings (SSSR count). The number of thiophene rings is 1. The van der Waals surface area contributed by atoms with Crippen LogP contribution in [-0.2, 0) is 11.2 Å². The molecule has 1 amide bonds. The van der Waals surface area contributed by atoms with Crippen molar-refractivity contribution < 1.29 is 19.1 Å². The van der Waals surface area contributed by atoms with Crippen LogP contribution in [0.2, 0.25) is 0 Å². The molecule has 0 bridgehead atoms. The Hall–Kier alpha value is -2.59. The number of carbonyl (C=O) groups is 2. The molecule has 2 aromatic rings. The largest absolute Gasteiger partial charge is 0.481 e. The number of anilines is 1. The number of rotatable bonds is 3. The van der Waals surface area contributed by atoms with E-state index in [0.717, 1.165) is 17.7 Å². The van der Waals surface area contributed by atoms with Gasteiger partial charge in [0.2, 0.25) is 0 Å². The van der Waals surface area contributed by atoms with E-state index in [1.54, 1.807) is 6.07 Å². The Morgan fingerprint density at radius 1 is 1.50 bits per heavy atom. The van der Waals surface area contributed by atoms with Gasteiger partial charge in [-0.2, -0.15) is 5.26 Å². The Morgan fingerprint density at radius 2 is 2.32 bits per heavy atom. The SMILES string of the molecule is N#Cc1c(NC(=O)c2ccco2)sc2c1C(C(=O)O)CCC2. The molecule has 2 aromatic heterocycles. The van der Waals surface area contributed by atoms with Gasteiger partial charge in [0.15, 0.2) is 5.76 Å². The predicted octanol–water partition coefficient (Wildman–Crippen LogP) is 2.97. The molecule has 0 aliphatic heterocycles. The molecule has 22 heavy (non-hydrogen) atoms. The third-order valence-corrected chi connectivity index (χ3v) is 4.83. The molecule has 7 heteroatoms. The van der Waals surface area contributed by atoms with Crippen molar-refractivity contribution in [3.63, 3.8) is 0 Å². The maximum atomic E-state index is 12.0. The number of carbonyl (C=O) groups excluding carboxylic acids is 1. The summed E-state index contributed by atoms with van der Waals surface area (Å²) >= 11 is 1.27. The van der Waals surface area contributed by atoms with E-state index >= 15 is 0 Å². The molecule has 1 unspecified atom stereocenters. The minimum absolute atomic E-state index is 0.144. The number of furan rings is 1. The van der Waals surface area contributed by atoms with Crippen LogP contribution >= 0.6 is 11.3 Å². The van der Waals surface area contributed by atoms with E-state index in [0.29, 0.717) is 17.0 Å². The van der Waals surface area contributed by atoms with Crippen molar-refractivity contribution in [1.82, 2.24) is 0 Å². The Labute approximate surface area is 130 Å². The summed E-state index contributed by atoms with van der Waals surface area (Å²) in [5.74, 6) is -1.92. The zero-order chi connectivity index (χ0) is 15.7. The van der Waals surface area contributed by atoms with Crippen molar-refractivity contribution in [2.24, 2.45) is 0 Å². The van der Waals surface area contributed by atoms with Gasteiger partial charge in [0, 0.05) is 10.4 Å². The highest BCUT2D eigenvalue weighted by atomic mass is 32.1. The third-order valence-electron chi connectivity index (χ3n) is 3.65. The molecule has 0 saturated carbocycles. The molecule has 0 spiro atoms. The fraction of sp³-hybridized carbons (Fsp3) is 0.267. The zero-order valence-corrected chi connectivity index (χ0v) is 12.3. The van der Waals surface area contributed by atoms with Crippen LogP contribution in [0.3, 0.4) is 0 Å². The quantitative estimate of drug-likeness (QED) is 0.906. The van der Waals surface area contributed by atoms with Gasteiger partial charge in [0.05, 0.1) is 17.7 Å². The summed E-state index contributed by atoms with van der Waals surface area (Å²) in [6.45, 7) is 0. The molecule has 2 N–H and O–H groups in total. The maximum Gasteiger partial charge on any atom is 0.311 e. The van der Waals surface area contributed by atoms with Crippen molar-refractivity contribution in [2.75, 3.05) is 5.32 Å². The van der Waals surface area contributed by atoms with Crippen molar-refractivity contribution in [3.05, 3.63) is 40.2 Å². The van der Waals surface area contributed by atoms with Crippen LogP contribution in [0.1, 0.15) is 45.3 Å². The number of carboxylic acids is 1. The van der Waals surface area contributed by atoms with Gasteiger partial charge in [-0.3, -0.25) is 9.59 Å². The topological polar surface area (TPSA) is 103 Å². The summed E-state index contributed by atoms with van der Waals surface area (Å²) in [5.41, 5.74) is 0.813.